The number of aliphatic imine (C=N–C) groups is 2. The summed E-state index contributed by atoms with van der Waals surface area (Å²) in [6, 6.07) is 18.7. The number of para-hydroxylation sites is 2. The van der Waals surface area contributed by atoms with E-state index in [1.54, 1.807) is 0 Å². The van der Waals surface area contributed by atoms with E-state index in [9.17, 15) is 0 Å². The van der Waals surface area contributed by atoms with Crippen LogP contribution in [0.15, 0.2) is 112 Å². The van der Waals surface area contributed by atoms with E-state index in [0.29, 0.717) is 35.3 Å². The first-order valence-corrected chi connectivity index (χ1v) is 22.2. The van der Waals surface area contributed by atoms with Crippen molar-refractivity contribution in [2.75, 3.05) is 0 Å². The van der Waals surface area contributed by atoms with Gasteiger partial charge in [0.25, 0.3) is 0 Å². The Hall–Kier alpha value is -3.47. The molecular formula is C53H71Cu2N5. The van der Waals surface area contributed by atoms with Gasteiger partial charge < -0.3 is 15.6 Å². The molecule has 5 nitrogen and oxygen atoms in total. The van der Waals surface area contributed by atoms with Gasteiger partial charge in [-0.2, -0.15) is 5.70 Å². The number of benzene rings is 2. The number of hydrogen-bond acceptors (Lipinski definition) is 3. The van der Waals surface area contributed by atoms with Crippen molar-refractivity contribution in [3.8, 4) is 0 Å². The maximum absolute atomic E-state index is 5.05. The maximum Gasteiger partial charge on any atom is 1.00 e. The van der Waals surface area contributed by atoms with E-state index in [0.717, 1.165) is 57.9 Å². The van der Waals surface area contributed by atoms with Crippen LogP contribution in [0.5, 0.6) is 0 Å². The van der Waals surface area contributed by atoms with Crippen molar-refractivity contribution in [1.82, 2.24) is 4.98 Å². The van der Waals surface area contributed by atoms with E-state index in [-0.39, 0.29) is 34.1 Å². The fourth-order valence-corrected chi connectivity index (χ4v) is 8.70. The zero-order valence-electron chi connectivity index (χ0n) is 38.4. The minimum atomic E-state index is 0. The second-order valence-corrected chi connectivity index (χ2v) is 18.3. The number of pyridine rings is 1. The molecule has 2 aromatic carbocycles. The third-order valence-corrected chi connectivity index (χ3v) is 11.7. The molecule has 7 heteroatoms. The van der Waals surface area contributed by atoms with E-state index in [1.807, 2.05) is 58.0 Å². The second-order valence-electron chi connectivity index (χ2n) is 18.3. The summed E-state index contributed by atoms with van der Waals surface area (Å²) >= 11 is 0. The molecule has 7 rings (SSSR count). The molecular weight excluding hydrogens is 834 g/mol. The summed E-state index contributed by atoms with van der Waals surface area (Å²) < 4.78 is 0. The summed E-state index contributed by atoms with van der Waals surface area (Å²) in [6.45, 7) is 25.7. The molecule has 0 spiro atoms. The Morgan fingerprint density at radius 1 is 0.533 bits per heavy atom. The predicted molar refractivity (Wildman–Crippen MR) is 253 cm³/mol. The molecule has 60 heavy (non-hydrogen) atoms. The van der Waals surface area contributed by atoms with Gasteiger partial charge in [-0.3, -0.25) is 9.98 Å². The molecule has 3 aromatic rings. The van der Waals surface area contributed by atoms with Gasteiger partial charge >= 0.3 is 34.1 Å². The smallest absolute Gasteiger partial charge is 0.661 e. The first-order chi connectivity index (χ1) is 27.7. The molecule has 1 heterocycles. The fraction of sp³-hybridized carbons (Fsp3) is 0.491. The Bertz CT molecular complexity index is 1930. The van der Waals surface area contributed by atoms with Gasteiger partial charge in [0, 0.05) is 11.4 Å². The quantitative estimate of drug-likeness (QED) is 0.101. The van der Waals surface area contributed by atoms with Crippen LogP contribution >= 0.6 is 0 Å². The molecule has 4 aliphatic carbocycles. The molecule has 0 aliphatic heterocycles. The number of hydrogen-bond donors (Lipinski definition) is 0. The van der Waals surface area contributed by atoms with E-state index in [4.69, 9.17) is 20.6 Å². The Morgan fingerprint density at radius 2 is 0.917 bits per heavy atom. The average molecular weight is 905 g/mol. The van der Waals surface area contributed by atoms with Crippen molar-refractivity contribution < 1.29 is 34.1 Å². The molecule has 0 amide bonds. The van der Waals surface area contributed by atoms with Crippen LogP contribution < -0.4 is 0 Å². The van der Waals surface area contributed by atoms with Crippen LogP contribution in [-0.2, 0) is 34.1 Å². The third-order valence-electron chi connectivity index (χ3n) is 11.7. The van der Waals surface area contributed by atoms with Crippen molar-refractivity contribution >= 4 is 34.4 Å². The number of rotatable bonds is 12. The zero-order valence-corrected chi connectivity index (χ0v) is 40.2. The molecule has 4 atom stereocenters. The molecule has 0 N–H and O–H groups in total. The van der Waals surface area contributed by atoms with Crippen molar-refractivity contribution in [2.45, 2.75) is 145 Å². The van der Waals surface area contributed by atoms with Crippen LogP contribution in [-0.4, -0.2) is 16.4 Å². The monoisotopic (exact) mass is 903 g/mol. The minimum Gasteiger partial charge on any atom is -0.661 e. The summed E-state index contributed by atoms with van der Waals surface area (Å²) in [4.78, 5) is 14.5. The van der Waals surface area contributed by atoms with Gasteiger partial charge in [-0.15, -0.1) is 5.69 Å². The predicted octanol–water partition coefficient (Wildman–Crippen LogP) is 16.9. The molecule has 0 saturated heterocycles. The van der Waals surface area contributed by atoms with E-state index in [1.165, 1.54) is 60.8 Å². The molecule has 4 aliphatic rings. The van der Waals surface area contributed by atoms with Crippen LogP contribution in [0, 0.1) is 23.7 Å². The van der Waals surface area contributed by atoms with Crippen LogP contribution in [0.2, 0.25) is 0 Å². The summed E-state index contributed by atoms with van der Waals surface area (Å²) in [5.41, 5.74) is 10.7. The van der Waals surface area contributed by atoms with Crippen LogP contribution in [0.1, 0.15) is 168 Å². The number of nitrogens with zero attached hydrogens (tertiary/aromatic N) is 5. The summed E-state index contributed by atoms with van der Waals surface area (Å²) in [6.07, 6.45) is 22.4. The zero-order chi connectivity index (χ0) is 41.9. The second kappa shape index (κ2) is 24.2. The van der Waals surface area contributed by atoms with Crippen molar-refractivity contribution in [3.63, 3.8) is 0 Å². The Kier molecular flexibility index (Phi) is 20.6. The van der Waals surface area contributed by atoms with Crippen molar-refractivity contribution in [2.24, 2.45) is 33.7 Å². The van der Waals surface area contributed by atoms with Crippen molar-refractivity contribution in [1.29, 1.82) is 0 Å². The Balaban J connectivity index is 0.000000492. The van der Waals surface area contributed by atoms with Gasteiger partial charge in [-0.1, -0.05) is 164 Å². The van der Waals surface area contributed by atoms with Gasteiger partial charge in [0.15, 0.2) is 0 Å². The van der Waals surface area contributed by atoms with E-state index >= 15 is 0 Å². The van der Waals surface area contributed by atoms with E-state index in [2.05, 4.69) is 121 Å². The normalized spacial score (nSPS) is 20.5. The van der Waals surface area contributed by atoms with Gasteiger partial charge in [0.2, 0.25) is 0 Å². The standard InChI is InChI=1S/C39H51N5.2C7H10.2Cu/c1-24(2)32-16-13-17-33(25(3)4)38(32)42-30(11)22-28(9)40-36-20-15-21-37(44-36)41-29(10)23-31(12)43-39-34(26(5)6)18-14-19-35(39)27(7)8;2*1-2-7-4-3-6(1)5-7;;/h13-27H,1-12H3;2*1-2,6-7H,3-5H2;;/q-2;;;2*+1/b28-22-,31-23-,41-29+,42-30?;;;;/t;2*6-,7+;;. The van der Waals surface area contributed by atoms with E-state index < -0.39 is 0 Å². The molecule has 330 valence electrons. The summed E-state index contributed by atoms with van der Waals surface area (Å²) in [7, 11) is 0. The number of allylic oxidation sites excluding steroid dienone is 8. The van der Waals surface area contributed by atoms with Crippen LogP contribution in [0.25, 0.3) is 10.6 Å². The topological polar surface area (TPSA) is 65.8 Å². The molecule has 0 unspecified atom stereocenters. The largest absolute Gasteiger partial charge is 1.00 e. The third kappa shape index (κ3) is 14.9. The Morgan fingerprint density at radius 3 is 1.30 bits per heavy atom. The molecule has 2 saturated carbocycles. The fourth-order valence-electron chi connectivity index (χ4n) is 8.70. The number of aromatic nitrogens is 1. The molecule has 1 aromatic heterocycles. The first kappa shape index (κ1) is 50.9. The Labute approximate surface area is 385 Å². The van der Waals surface area contributed by atoms with Crippen LogP contribution in [0.4, 0.5) is 23.0 Å². The minimum absolute atomic E-state index is 0. The summed E-state index contributed by atoms with van der Waals surface area (Å²) in [5.74, 6) is 6.77. The average Bonchev–Trinajstić information content (AvgIpc) is 4.01. The maximum atomic E-state index is 5.05. The van der Waals surface area contributed by atoms with Crippen molar-refractivity contribution in [3.05, 3.63) is 135 Å². The molecule has 2 fully saturated rings. The van der Waals surface area contributed by atoms with Gasteiger partial charge in [-0.05, 0) is 130 Å². The van der Waals surface area contributed by atoms with Gasteiger partial charge in [0.1, 0.15) is 0 Å². The van der Waals surface area contributed by atoms with Gasteiger partial charge in [0.05, 0.1) is 11.5 Å². The molecule has 4 bridgehead atoms. The number of fused-ring (bicyclic) bond motifs is 4. The SMILES string of the molecule is C1=C[C@H]2CC[C@@H]1C2.C1=C[C@H]2CC[C@@H]1C2.CC(/C=C(/C)[N-]c1cccc(/N=C(C)/C=C(/C)[N-]c2c(C(C)C)cccc2C(C)C)n1)=Nc1c(C(C)C)cccc1C(C)C.[Cu+].[Cu+]. The van der Waals surface area contributed by atoms with Gasteiger partial charge in [-0.25, -0.2) is 0 Å². The summed E-state index contributed by atoms with van der Waals surface area (Å²) in [5, 5.41) is 9.81. The van der Waals surface area contributed by atoms with Crippen LogP contribution in [0.3, 0.4) is 0 Å². The first-order valence-electron chi connectivity index (χ1n) is 22.2. The molecule has 0 radical (unpaired) electrons.